The molecule has 0 bridgehead atoms. The minimum Gasteiger partial charge on any atom is -0.497 e. The number of nitrogens with zero attached hydrogens (tertiary/aromatic N) is 1. The zero-order chi connectivity index (χ0) is 21.0. The smallest absolute Gasteiger partial charge is 0.326 e. The first-order valence-corrected chi connectivity index (χ1v) is 9.56. The Morgan fingerprint density at radius 1 is 1.28 bits per heavy atom. The number of hydrogen-bond donors (Lipinski definition) is 2. The van der Waals surface area contributed by atoms with Crippen molar-refractivity contribution in [2.45, 2.75) is 38.1 Å². The molecule has 2 aliphatic rings. The summed E-state index contributed by atoms with van der Waals surface area (Å²) in [5.41, 5.74) is -0.416. The first-order valence-electron chi connectivity index (χ1n) is 9.56. The van der Waals surface area contributed by atoms with E-state index >= 15 is 0 Å². The third-order valence-corrected chi connectivity index (χ3v) is 5.38. The molecule has 3 rings (SSSR count). The third-order valence-electron chi connectivity index (χ3n) is 5.38. The van der Waals surface area contributed by atoms with Crippen LogP contribution >= 0.6 is 0 Å². The Balaban J connectivity index is 1.49. The second-order valence-corrected chi connectivity index (χ2v) is 7.53. The van der Waals surface area contributed by atoms with Crippen molar-refractivity contribution >= 4 is 29.5 Å². The summed E-state index contributed by atoms with van der Waals surface area (Å²) in [5, 5.41) is 5.32. The lowest BCUT2D eigenvalue weighted by molar-refractivity contribution is -0.150. The van der Waals surface area contributed by atoms with E-state index in [1.165, 1.54) is 7.11 Å². The van der Waals surface area contributed by atoms with Crippen LogP contribution in [0.1, 0.15) is 32.6 Å². The lowest BCUT2D eigenvalue weighted by Crippen LogP contribution is -2.49. The van der Waals surface area contributed by atoms with Crippen molar-refractivity contribution in [2.24, 2.45) is 5.92 Å². The Labute approximate surface area is 168 Å². The van der Waals surface area contributed by atoms with Gasteiger partial charge in [-0.25, -0.2) is 4.79 Å². The van der Waals surface area contributed by atoms with Crippen molar-refractivity contribution in [3.8, 4) is 5.75 Å². The molecule has 1 heterocycles. The normalized spacial score (nSPS) is 23.7. The number of hydrogen-bond acceptors (Lipinski definition) is 6. The number of urea groups is 1. The fraction of sp³-hybridized carbons (Fsp3) is 0.500. The third kappa shape index (κ3) is 4.67. The summed E-state index contributed by atoms with van der Waals surface area (Å²) in [7, 11) is 1.51. The van der Waals surface area contributed by atoms with Crippen molar-refractivity contribution in [3.63, 3.8) is 0 Å². The molecule has 1 saturated heterocycles. The summed E-state index contributed by atoms with van der Waals surface area (Å²) in [6.45, 7) is 1.07. The highest BCUT2D eigenvalue weighted by molar-refractivity contribution is 6.08. The quantitative estimate of drug-likeness (QED) is 0.552. The van der Waals surface area contributed by atoms with Gasteiger partial charge >= 0.3 is 12.0 Å². The maximum Gasteiger partial charge on any atom is 0.326 e. The van der Waals surface area contributed by atoms with Crippen LogP contribution < -0.4 is 15.4 Å². The van der Waals surface area contributed by atoms with E-state index < -0.39 is 42.5 Å². The van der Waals surface area contributed by atoms with E-state index in [2.05, 4.69) is 17.6 Å². The van der Waals surface area contributed by atoms with Gasteiger partial charge in [-0.15, -0.1) is 0 Å². The molecule has 9 heteroatoms. The molecule has 1 aliphatic heterocycles. The fourth-order valence-corrected chi connectivity index (χ4v) is 3.63. The molecule has 0 radical (unpaired) electrons. The van der Waals surface area contributed by atoms with Gasteiger partial charge in [0.05, 0.1) is 7.11 Å². The molecule has 1 aliphatic carbocycles. The minimum atomic E-state index is -0.909. The minimum absolute atomic E-state index is 0.396. The number of carbonyl (C=O) groups excluding carboxylic acids is 4. The van der Waals surface area contributed by atoms with Crippen LogP contribution in [-0.4, -0.2) is 54.5 Å². The van der Waals surface area contributed by atoms with Crippen LogP contribution in [0.5, 0.6) is 5.75 Å². The first-order chi connectivity index (χ1) is 13.8. The molecule has 156 valence electrons. The number of carbonyl (C=O) groups is 4. The van der Waals surface area contributed by atoms with Crippen molar-refractivity contribution in [2.75, 3.05) is 25.6 Å². The first kappa shape index (κ1) is 20.6. The van der Waals surface area contributed by atoms with Gasteiger partial charge in [-0.2, -0.15) is 0 Å². The molecular weight excluding hydrogens is 378 g/mol. The molecule has 1 spiro atoms. The van der Waals surface area contributed by atoms with Gasteiger partial charge in [0.15, 0.2) is 6.61 Å². The maximum absolute atomic E-state index is 12.7. The van der Waals surface area contributed by atoms with Gasteiger partial charge in [-0.3, -0.25) is 19.3 Å². The molecule has 1 saturated carbocycles. The van der Waals surface area contributed by atoms with Crippen LogP contribution in [0, 0.1) is 5.92 Å². The molecule has 0 aromatic heterocycles. The molecule has 1 aromatic rings. The highest BCUT2D eigenvalue weighted by atomic mass is 16.5. The van der Waals surface area contributed by atoms with Crippen LogP contribution in [0.15, 0.2) is 24.3 Å². The lowest BCUT2D eigenvalue weighted by atomic mass is 9.77. The lowest BCUT2D eigenvalue weighted by Gasteiger charge is -2.33. The number of ether oxygens (including phenoxy) is 2. The largest absolute Gasteiger partial charge is 0.497 e. The van der Waals surface area contributed by atoms with Gasteiger partial charge in [0.25, 0.3) is 11.8 Å². The van der Waals surface area contributed by atoms with E-state index in [0.29, 0.717) is 30.2 Å². The number of benzene rings is 1. The number of esters is 1. The van der Waals surface area contributed by atoms with E-state index in [0.717, 1.165) is 17.7 Å². The highest BCUT2D eigenvalue weighted by Crippen LogP contribution is 2.36. The Bertz CT molecular complexity index is 816. The molecule has 0 unspecified atom stereocenters. The molecule has 2 N–H and O–H groups in total. The Morgan fingerprint density at radius 3 is 2.69 bits per heavy atom. The number of nitrogens with one attached hydrogen (secondary N) is 2. The monoisotopic (exact) mass is 403 g/mol. The molecular formula is C20H25N3O6. The summed E-state index contributed by atoms with van der Waals surface area (Å²) in [6.07, 6.45) is 2.81. The van der Waals surface area contributed by atoms with Gasteiger partial charge in [0.2, 0.25) is 0 Å². The predicted molar refractivity (Wildman–Crippen MR) is 103 cm³/mol. The fourth-order valence-electron chi connectivity index (χ4n) is 3.63. The van der Waals surface area contributed by atoms with E-state index in [9.17, 15) is 19.2 Å². The van der Waals surface area contributed by atoms with Gasteiger partial charge in [0, 0.05) is 11.8 Å². The Kier molecular flexibility index (Phi) is 6.05. The number of imide groups is 1. The van der Waals surface area contributed by atoms with E-state index in [4.69, 9.17) is 9.47 Å². The second kappa shape index (κ2) is 8.50. The summed E-state index contributed by atoms with van der Waals surface area (Å²) in [5.74, 6) is -0.680. The topological polar surface area (TPSA) is 114 Å². The van der Waals surface area contributed by atoms with Gasteiger partial charge in [0.1, 0.15) is 17.8 Å². The molecule has 2 fully saturated rings. The van der Waals surface area contributed by atoms with Gasteiger partial charge in [-0.05, 0) is 43.7 Å². The standard InChI is InChI=1S/C20H25N3O6/c1-13-6-8-20(9-7-13)18(26)23(19(27)22-20)11-17(25)29-12-16(24)21-14-4-3-5-15(10-14)28-2/h3-5,10,13H,6-9,11-12H2,1-2H3,(H,21,24)(H,22,27). The van der Waals surface area contributed by atoms with E-state index in [1.54, 1.807) is 24.3 Å². The van der Waals surface area contributed by atoms with E-state index in [1.807, 2.05) is 0 Å². The SMILES string of the molecule is COc1cccc(NC(=O)COC(=O)CN2C(=O)NC3(CCC(C)CC3)C2=O)c1. The predicted octanol–water partition coefficient (Wildman–Crippen LogP) is 1.68. The van der Waals surface area contributed by atoms with Crippen LogP contribution in [0.4, 0.5) is 10.5 Å². The Hall–Kier alpha value is -3.10. The van der Waals surface area contributed by atoms with Crippen LogP contribution in [0.2, 0.25) is 0 Å². The van der Waals surface area contributed by atoms with Crippen molar-refractivity contribution < 1.29 is 28.7 Å². The Morgan fingerprint density at radius 2 is 2.00 bits per heavy atom. The molecule has 1 aromatic carbocycles. The van der Waals surface area contributed by atoms with Crippen LogP contribution in [0.25, 0.3) is 0 Å². The van der Waals surface area contributed by atoms with Crippen molar-refractivity contribution in [1.29, 1.82) is 0 Å². The zero-order valence-corrected chi connectivity index (χ0v) is 16.5. The number of rotatable bonds is 6. The van der Waals surface area contributed by atoms with Crippen LogP contribution in [-0.2, 0) is 19.1 Å². The average molecular weight is 403 g/mol. The zero-order valence-electron chi connectivity index (χ0n) is 16.5. The summed E-state index contributed by atoms with van der Waals surface area (Å²) < 4.78 is 10.00. The maximum atomic E-state index is 12.7. The molecule has 0 atom stereocenters. The van der Waals surface area contributed by atoms with E-state index in [-0.39, 0.29) is 0 Å². The summed E-state index contributed by atoms with van der Waals surface area (Å²) in [6, 6.07) is 6.13. The number of anilines is 1. The molecule has 9 nitrogen and oxygen atoms in total. The van der Waals surface area contributed by atoms with Crippen molar-refractivity contribution in [3.05, 3.63) is 24.3 Å². The van der Waals surface area contributed by atoms with Gasteiger partial charge in [-0.1, -0.05) is 13.0 Å². The summed E-state index contributed by atoms with van der Waals surface area (Å²) >= 11 is 0. The average Bonchev–Trinajstić information content (AvgIpc) is 2.93. The van der Waals surface area contributed by atoms with Gasteiger partial charge < -0.3 is 20.1 Å². The molecule has 4 amide bonds. The van der Waals surface area contributed by atoms with Crippen molar-refractivity contribution in [1.82, 2.24) is 10.2 Å². The number of methoxy groups -OCH3 is 1. The summed E-state index contributed by atoms with van der Waals surface area (Å²) in [4.78, 5) is 49.8. The second-order valence-electron chi connectivity index (χ2n) is 7.53. The van der Waals surface area contributed by atoms with Crippen LogP contribution in [0.3, 0.4) is 0 Å². The molecule has 29 heavy (non-hydrogen) atoms. The highest BCUT2D eigenvalue weighted by Gasteiger charge is 2.52. The number of amides is 4.